The lowest BCUT2D eigenvalue weighted by atomic mass is 9.86. The van der Waals surface area contributed by atoms with Crippen LogP contribution in [-0.2, 0) is 24.3 Å². The smallest absolute Gasteiger partial charge is 0.340 e. The predicted molar refractivity (Wildman–Crippen MR) is 103 cm³/mol. The first-order chi connectivity index (χ1) is 13.1. The molecule has 27 heavy (non-hydrogen) atoms. The van der Waals surface area contributed by atoms with Gasteiger partial charge in [0.05, 0.1) is 0 Å². The van der Waals surface area contributed by atoms with Crippen molar-refractivity contribution in [1.82, 2.24) is 19.2 Å². The van der Waals surface area contributed by atoms with Gasteiger partial charge in [-0.15, -0.1) is 0 Å². The molecule has 1 aliphatic carbocycles. The van der Waals surface area contributed by atoms with Crippen LogP contribution in [0.2, 0.25) is 0 Å². The topological polar surface area (TPSA) is 60.1 Å². The number of aromatic nitrogens is 3. The number of hydrogen-bond acceptors (Lipinski definition) is 3. The predicted octanol–water partition coefficient (Wildman–Crippen LogP) is 2.02. The number of likely N-dealkylation sites (tertiary alicyclic amines) is 1. The molecular formula is C21H26N4O2. The molecule has 0 saturated carbocycles. The zero-order valence-corrected chi connectivity index (χ0v) is 15.8. The highest BCUT2D eigenvalue weighted by molar-refractivity contribution is 5.76. The number of rotatable bonds is 5. The summed E-state index contributed by atoms with van der Waals surface area (Å²) in [6, 6.07) is 10.1. The fourth-order valence-corrected chi connectivity index (χ4v) is 4.24. The maximum atomic E-state index is 12.7. The van der Waals surface area contributed by atoms with Crippen molar-refractivity contribution in [1.29, 1.82) is 0 Å². The molecule has 2 aromatic rings. The lowest BCUT2D eigenvalue weighted by Gasteiger charge is -2.17. The maximum absolute atomic E-state index is 12.7. The zero-order valence-electron chi connectivity index (χ0n) is 15.8. The maximum Gasteiger partial charge on any atom is 0.346 e. The molecule has 2 aliphatic rings. The molecule has 6 nitrogen and oxygen atoms in total. The van der Waals surface area contributed by atoms with Gasteiger partial charge in [-0.3, -0.25) is 9.36 Å². The van der Waals surface area contributed by atoms with Gasteiger partial charge < -0.3 is 4.90 Å². The van der Waals surface area contributed by atoms with Crippen LogP contribution >= 0.6 is 0 Å². The average molecular weight is 366 g/mol. The van der Waals surface area contributed by atoms with Crippen molar-refractivity contribution in [3.63, 3.8) is 0 Å². The third-order valence-electron chi connectivity index (χ3n) is 5.83. The summed E-state index contributed by atoms with van der Waals surface area (Å²) >= 11 is 0. The molecule has 2 unspecified atom stereocenters. The minimum atomic E-state index is -0.199. The number of benzene rings is 1. The number of nitrogens with zero attached hydrogens (tertiary/aromatic N) is 4. The van der Waals surface area contributed by atoms with Crippen LogP contribution in [0.25, 0.3) is 0 Å². The molecule has 1 amide bonds. The van der Waals surface area contributed by atoms with E-state index in [2.05, 4.69) is 29.4 Å². The van der Waals surface area contributed by atoms with Crippen LogP contribution in [0, 0.1) is 18.8 Å². The van der Waals surface area contributed by atoms with Gasteiger partial charge in [0.1, 0.15) is 12.4 Å². The Morgan fingerprint density at radius 2 is 1.78 bits per heavy atom. The fourth-order valence-electron chi connectivity index (χ4n) is 4.24. The Kier molecular flexibility index (Phi) is 4.97. The quantitative estimate of drug-likeness (QED) is 0.761. The first-order valence-corrected chi connectivity index (χ1v) is 9.73. The molecule has 0 N–H and O–H groups in total. The van der Waals surface area contributed by atoms with E-state index in [-0.39, 0.29) is 18.1 Å². The molecule has 1 fully saturated rings. The lowest BCUT2D eigenvalue weighted by Crippen LogP contribution is -2.36. The van der Waals surface area contributed by atoms with Gasteiger partial charge >= 0.3 is 5.69 Å². The fraction of sp³-hybridized carbons (Fsp3) is 0.476. The number of hydrogen-bond donors (Lipinski definition) is 0. The Bertz CT molecular complexity index is 881. The molecule has 2 heterocycles. The molecular weight excluding hydrogens is 340 g/mol. The summed E-state index contributed by atoms with van der Waals surface area (Å²) in [5.41, 5.74) is 0.982. The van der Waals surface area contributed by atoms with Gasteiger partial charge in [0.25, 0.3) is 0 Å². The van der Waals surface area contributed by atoms with Crippen molar-refractivity contribution in [3.05, 3.63) is 64.4 Å². The Morgan fingerprint density at radius 1 is 1.11 bits per heavy atom. The van der Waals surface area contributed by atoms with Crippen molar-refractivity contribution in [3.8, 4) is 0 Å². The Hall–Kier alpha value is -2.63. The van der Waals surface area contributed by atoms with Gasteiger partial charge in [-0.1, -0.05) is 42.5 Å². The number of aryl methyl sites for hydroxylation is 2. The summed E-state index contributed by atoms with van der Waals surface area (Å²) in [6.07, 6.45) is 7.32. The number of fused-ring (bicyclic) bond motifs is 1. The van der Waals surface area contributed by atoms with Crippen molar-refractivity contribution < 1.29 is 4.79 Å². The van der Waals surface area contributed by atoms with Gasteiger partial charge in [-0.2, -0.15) is 5.10 Å². The molecule has 2 atom stereocenters. The van der Waals surface area contributed by atoms with Crippen LogP contribution in [-0.4, -0.2) is 38.2 Å². The van der Waals surface area contributed by atoms with E-state index in [9.17, 15) is 9.59 Å². The average Bonchev–Trinajstić information content (AvgIpc) is 3.23. The molecule has 1 saturated heterocycles. The van der Waals surface area contributed by atoms with Gasteiger partial charge in [-0.25, -0.2) is 9.48 Å². The highest BCUT2D eigenvalue weighted by Gasteiger charge is 2.35. The summed E-state index contributed by atoms with van der Waals surface area (Å²) in [5.74, 6) is 1.80. The minimum Gasteiger partial charge on any atom is -0.340 e. The first-order valence-electron chi connectivity index (χ1n) is 9.73. The van der Waals surface area contributed by atoms with E-state index in [1.807, 2.05) is 30.0 Å². The molecule has 0 spiro atoms. The van der Waals surface area contributed by atoms with Gasteiger partial charge in [0, 0.05) is 19.6 Å². The zero-order chi connectivity index (χ0) is 18.8. The summed E-state index contributed by atoms with van der Waals surface area (Å²) in [5, 5.41) is 4.33. The SMILES string of the molecule is Cc1nn(CC(=O)N2CC3CC=CCC3C2)c(=O)n1CCc1ccccc1. The Balaban J connectivity index is 1.41. The number of carbonyl (C=O) groups excluding carboxylic acids is 1. The number of allylic oxidation sites excluding steroid dienone is 2. The van der Waals surface area contributed by atoms with Gasteiger partial charge in [-0.05, 0) is 43.6 Å². The van der Waals surface area contributed by atoms with E-state index in [0.29, 0.717) is 24.2 Å². The van der Waals surface area contributed by atoms with Gasteiger partial charge in [0.15, 0.2) is 0 Å². The van der Waals surface area contributed by atoms with Crippen LogP contribution in [0.15, 0.2) is 47.3 Å². The molecule has 1 aromatic carbocycles. The molecule has 142 valence electrons. The molecule has 1 aromatic heterocycles. The third kappa shape index (κ3) is 3.75. The second-order valence-corrected chi connectivity index (χ2v) is 7.64. The third-order valence-corrected chi connectivity index (χ3v) is 5.83. The lowest BCUT2D eigenvalue weighted by molar-refractivity contribution is -0.131. The first kappa shape index (κ1) is 17.8. The molecule has 4 rings (SSSR count). The highest BCUT2D eigenvalue weighted by Crippen LogP contribution is 2.32. The van der Waals surface area contributed by atoms with Crippen LogP contribution in [0.1, 0.15) is 24.2 Å². The van der Waals surface area contributed by atoms with Crippen molar-refractivity contribution in [2.24, 2.45) is 11.8 Å². The van der Waals surface area contributed by atoms with Crippen molar-refractivity contribution in [2.45, 2.75) is 39.3 Å². The Morgan fingerprint density at radius 3 is 2.44 bits per heavy atom. The molecule has 1 aliphatic heterocycles. The van der Waals surface area contributed by atoms with Crippen LogP contribution < -0.4 is 5.69 Å². The van der Waals surface area contributed by atoms with E-state index in [1.165, 1.54) is 10.2 Å². The summed E-state index contributed by atoms with van der Waals surface area (Å²) in [7, 11) is 0. The largest absolute Gasteiger partial charge is 0.346 e. The Labute approximate surface area is 159 Å². The standard InChI is InChI=1S/C21H26N4O2/c1-16-22-25(21(27)24(16)12-11-17-7-3-2-4-8-17)15-20(26)23-13-18-9-5-6-10-19(18)14-23/h2-8,18-19H,9-15H2,1H3. The molecule has 0 bridgehead atoms. The summed E-state index contributed by atoms with van der Waals surface area (Å²) < 4.78 is 2.98. The second-order valence-electron chi connectivity index (χ2n) is 7.64. The van der Waals surface area contributed by atoms with Crippen LogP contribution in [0.4, 0.5) is 0 Å². The van der Waals surface area contributed by atoms with E-state index < -0.39 is 0 Å². The highest BCUT2D eigenvalue weighted by atomic mass is 16.2. The van der Waals surface area contributed by atoms with Gasteiger partial charge in [0.2, 0.25) is 5.91 Å². The number of carbonyl (C=O) groups is 1. The van der Waals surface area contributed by atoms with E-state index in [0.717, 1.165) is 32.4 Å². The monoisotopic (exact) mass is 366 g/mol. The molecule has 6 heteroatoms. The van der Waals surface area contributed by atoms with Crippen LogP contribution in [0.5, 0.6) is 0 Å². The van der Waals surface area contributed by atoms with Crippen molar-refractivity contribution >= 4 is 5.91 Å². The second kappa shape index (κ2) is 7.55. The summed E-state index contributed by atoms with van der Waals surface area (Å²) in [4.78, 5) is 27.3. The van der Waals surface area contributed by atoms with E-state index in [1.54, 1.807) is 4.57 Å². The van der Waals surface area contributed by atoms with Crippen molar-refractivity contribution in [2.75, 3.05) is 13.1 Å². The minimum absolute atomic E-state index is 0.000732. The van der Waals surface area contributed by atoms with E-state index in [4.69, 9.17) is 0 Å². The molecule has 0 radical (unpaired) electrons. The summed E-state index contributed by atoms with van der Waals surface area (Å²) in [6.45, 7) is 4.03. The normalized spacial score (nSPS) is 21.4. The van der Waals surface area contributed by atoms with E-state index >= 15 is 0 Å². The number of amides is 1. The van der Waals surface area contributed by atoms with Crippen LogP contribution in [0.3, 0.4) is 0 Å².